The Balaban J connectivity index is 1.47. The molecule has 0 aliphatic heterocycles. The Bertz CT molecular complexity index is 1080. The molecule has 4 rings (SSSR count). The Morgan fingerprint density at radius 3 is 2.39 bits per heavy atom. The van der Waals surface area contributed by atoms with Gasteiger partial charge in [0.1, 0.15) is 5.52 Å². The predicted molar refractivity (Wildman–Crippen MR) is 113 cm³/mol. The fraction of sp³-hybridized carbons (Fsp3) is 0.130. The maximum Gasteiger partial charge on any atom is 0.323 e. The second-order valence-electron chi connectivity index (χ2n) is 6.92. The van der Waals surface area contributed by atoms with Gasteiger partial charge in [-0.05, 0) is 53.9 Å². The minimum absolute atomic E-state index is 0.299. The normalized spacial score (nSPS) is 11.0. The molecule has 1 aromatic heterocycles. The number of carbonyl (C=O) groups excluding carboxylic acids is 1. The average molecular weight is 371 g/mol. The van der Waals surface area contributed by atoms with Crippen LogP contribution in [-0.2, 0) is 0 Å². The van der Waals surface area contributed by atoms with Crippen molar-refractivity contribution in [2.24, 2.45) is 0 Å². The molecule has 5 nitrogen and oxygen atoms in total. The summed E-state index contributed by atoms with van der Waals surface area (Å²) < 4.78 is 5.80. The van der Waals surface area contributed by atoms with Gasteiger partial charge in [0.25, 0.3) is 0 Å². The van der Waals surface area contributed by atoms with E-state index in [-0.39, 0.29) is 6.03 Å². The van der Waals surface area contributed by atoms with Crippen LogP contribution in [0.25, 0.3) is 22.6 Å². The predicted octanol–water partition coefficient (Wildman–Crippen LogP) is 6.26. The van der Waals surface area contributed by atoms with Crippen LogP contribution >= 0.6 is 0 Å². The summed E-state index contributed by atoms with van der Waals surface area (Å²) in [6.07, 6.45) is 0. The minimum atomic E-state index is -0.299. The lowest BCUT2D eigenvalue weighted by molar-refractivity contribution is 0.262. The first-order valence-electron chi connectivity index (χ1n) is 9.22. The van der Waals surface area contributed by atoms with E-state index in [0.717, 1.165) is 22.4 Å². The lowest BCUT2D eigenvalue weighted by atomic mass is 10.0. The van der Waals surface area contributed by atoms with Crippen molar-refractivity contribution in [3.05, 3.63) is 78.4 Å². The van der Waals surface area contributed by atoms with Crippen molar-refractivity contribution in [1.29, 1.82) is 0 Å². The van der Waals surface area contributed by atoms with Gasteiger partial charge in [0.15, 0.2) is 5.58 Å². The fourth-order valence-corrected chi connectivity index (χ4v) is 2.97. The molecule has 0 aliphatic carbocycles. The van der Waals surface area contributed by atoms with Gasteiger partial charge in [0, 0.05) is 16.9 Å². The zero-order valence-corrected chi connectivity index (χ0v) is 15.8. The van der Waals surface area contributed by atoms with Crippen LogP contribution in [0.1, 0.15) is 25.3 Å². The van der Waals surface area contributed by atoms with Crippen LogP contribution in [-0.4, -0.2) is 11.0 Å². The van der Waals surface area contributed by atoms with Crippen molar-refractivity contribution in [2.75, 3.05) is 10.6 Å². The van der Waals surface area contributed by atoms with E-state index in [0.29, 0.717) is 17.5 Å². The maximum absolute atomic E-state index is 12.3. The van der Waals surface area contributed by atoms with E-state index in [9.17, 15) is 4.79 Å². The van der Waals surface area contributed by atoms with Crippen LogP contribution in [0.2, 0.25) is 0 Å². The monoisotopic (exact) mass is 371 g/mol. The van der Waals surface area contributed by atoms with E-state index in [2.05, 4.69) is 29.5 Å². The van der Waals surface area contributed by atoms with E-state index in [1.165, 1.54) is 5.56 Å². The quantitative estimate of drug-likeness (QED) is 0.445. The van der Waals surface area contributed by atoms with Crippen LogP contribution in [0.15, 0.2) is 77.2 Å². The summed E-state index contributed by atoms with van der Waals surface area (Å²) >= 11 is 0. The Morgan fingerprint density at radius 2 is 1.64 bits per heavy atom. The zero-order valence-electron chi connectivity index (χ0n) is 15.8. The molecule has 0 bridgehead atoms. The van der Waals surface area contributed by atoms with Gasteiger partial charge < -0.3 is 15.1 Å². The molecule has 2 N–H and O–H groups in total. The molecular formula is C23H21N3O2. The molecule has 0 saturated carbocycles. The van der Waals surface area contributed by atoms with Gasteiger partial charge in [0.05, 0.1) is 0 Å². The number of urea groups is 1. The standard InChI is InChI=1S/C23H21N3O2/c1-15(2)16-10-12-18(13-11-16)24-23(27)25-19-7-5-6-17(14-19)22-26-20-8-3-4-9-21(20)28-22/h3-15H,1-2H3,(H2,24,25,27). The van der Waals surface area contributed by atoms with Crippen LogP contribution in [0, 0.1) is 0 Å². The van der Waals surface area contributed by atoms with Crippen molar-refractivity contribution >= 4 is 28.5 Å². The lowest BCUT2D eigenvalue weighted by Gasteiger charge is -2.10. The number of rotatable bonds is 4. The molecule has 28 heavy (non-hydrogen) atoms. The number of benzene rings is 3. The van der Waals surface area contributed by atoms with Gasteiger partial charge in [-0.15, -0.1) is 0 Å². The van der Waals surface area contributed by atoms with Crippen molar-refractivity contribution in [3.8, 4) is 11.5 Å². The van der Waals surface area contributed by atoms with Crippen molar-refractivity contribution in [3.63, 3.8) is 0 Å². The number of oxazole rings is 1. The third kappa shape index (κ3) is 3.88. The molecule has 0 saturated heterocycles. The molecule has 0 aliphatic rings. The van der Waals surface area contributed by atoms with Gasteiger partial charge in [-0.2, -0.15) is 0 Å². The number of para-hydroxylation sites is 2. The van der Waals surface area contributed by atoms with Crippen molar-refractivity contribution < 1.29 is 9.21 Å². The number of anilines is 2. The summed E-state index contributed by atoms with van der Waals surface area (Å²) in [5, 5.41) is 5.70. The molecule has 5 heteroatoms. The summed E-state index contributed by atoms with van der Waals surface area (Å²) in [5.41, 5.74) is 4.98. The van der Waals surface area contributed by atoms with Crippen molar-refractivity contribution in [2.45, 2.75) is 19.8 Å². The SMILES string of the molecule is CC(C)c1ccc(NC(=O)Nc2cccc(-c3nc4ccccc4o3)c2)cc1. The zero-order chi connectivity index (χ0) is 19.5. The highest BCUT2D eigenvalue weighted by Crippen LogP contribution is 2.26. The summed E-state index contributed by atoms with van der Waals surface area (Å²) in [5.74, 6) is 0.979. The number of carbonyl (C=O) groups is 1. The molecule has 0 unspecified atom stereocenters. The highest BCUT2D eigenvalue weighted by Gasteiger charge is 2.10. The van der Waals surface area contributed by atoms with E-state index in [1.54, 1.807) is 0 Å². The molecule has 0 radical (unpaired) electrons. The molecule has 1 heterocycles. The largest absolute Gasteiger partial charge is 0.436 e. The molecule has 140 valence electrons. The van der Waals surface area contributed by atoms with E-state index in [1.807, 2.05) is 72.8 Å². The topological polar surface area (TPSA) is 67.2 Å². The highest BCUT2D eigenvalue weighted by atomic mass is 16.3. The molecule has 3 aromatic carbocycles. The molecule has 0 spiro atoms. The number of hydrogen-bond acceptors (Lipinski definition) is 3. The number of nitrogens with zero attached hydrogens (tertiary/aromatic N) is 1. The van der Waals surface area contributed by atoms with E-state index >= 15 is 0 Å². The van der Waals surface area contributed by atoms with Gasteiger partial charge in [0.2, 0.25) is 5.89 Å². The number of hydrogen-bond donors (Lipinski definition) is 2. The van der Waals surface area contributed by atoms with Crippen molar-refractivity contribution in [1.82, 2.24) is 4.98 Å². The first-order valence-corrected chi connectivity index (χ1v) is 9.22. The first-order chi connectivity index (χ1) is 13.6. The lowest BCUT2D eigenvalue weighted by Crippen LogP contribution is -2.19. The number of nitrogens with one attached hydrogen (secondary N) is 2. The van der Waals surface area contributed by atoms with E-state index < -0.39 is 0 Å². The number of fused-ring (bicyclic) bond motifs is 1. The summed E-state index contributed by atoms with van der Waals surface area (Å²) in [4.78, 5) is 16.8. The van der Waals surface area contributed by atoms with Crippen LogP contribution in [0.3, 0.4) is 0 Å². The molecule has 0 atom stereocenters. The highest BCUT2D eigenvalue weighted by molar-refractivity contribution is 6.00. The van der Waals surface area contributed by atoms with Gasteiger partial charge in [-0.3, -0.25) is 0 Å². The summed E-state index contributed by atoms with van der Waals surface area (Å²) in [6, 6.07) is 22.6. The van der Waals surface area contributed by atoms with Crippen LogP contribution in [0.4, 0.5) is 16.2 Å². The second kappa shape index (κ2) is 7.56. The Morgan fingerprint density at radius 1 is 0.893 bits per heavy atom. The Labute approximate surface area is 163 Å². The number of aromatic nitrogens is 1. The van der Waals surface area contributed by atoms with Gasteiger partial charge >= 0.3 is 6.03 Å². The number of amides is 2. The average Bonchev–Trinajstić information content (AvgIpc) is 3.13. The summed E-state index contributed by atoms with van der Waals surface area (Å²) in [7, 11) is 0. The Kier molecular flexibility index (Phi) is 4.81. The molecule has 4 aromatic rings. The third-order valence-corrected chi connectivity index (χ3v) is 4.50. The molecular weight excluding hydrogens is 350 g/mol. The van der Waals surface area contributed by atoms with Gasteiger partial charge in [-0.25, -0.2) is 9.78 Å². The van der Waals surface area contributed by atoms with Crippen LogP contribution < -0.4 is 10.6 Å². The fourth-order valence-electron chi connectivity index (χ4n) is 2.97. The van der Waals surface area contributed by atoms with E-state index in [4.69, 9.17) is 4.42 Å². The smallest absolute Gasteiger partial charge is 0.323 e. The second-order valence-corrected chi connectivity index (χ2v) is 6.92. The first kappa shape index (κ1) is 17.8. The minimum Gasteiger partial charge on any atom is -0.436 e. The molecule has 0 fully saturated rings. The van der Waals surface area contributed by atoms with Gasteiger partial charge in [-0.1, -0.05) is 44.2 Å². The Hall–Kier alpha value is -3.60. The molecule has 2 amide bonds. The maximum atomic E-state index is 12.3. The third-order valence-electron chi connectivity index (χ3n) is 4.50. The van der Waals surface area contributed by atoms with Crippen LogP contribution in [0.5, 0.6) is 0 Å². The summed E-state index contributed by atoms with van der Waals surface area (Å²) in [6.45, 7) is 4.28.